The van der Waals surface area contributed by atoms with Gasteiger partial charge < -0.3 is 10.6 Å². The summed E-state index contributed by atoms with van der Waals surface area (Å²) in [6.45, 7) is 3.96. The van der Waals surface area contributed by atoms with Crippen LogP contribution in [0.15, 0.2) is 12.1 Å². The highest BCUT2D eigenvalue weighted by molar-refractivity contribution is 7.80. The first-order valence-corrected chi connectivity index (χ1v) is 5.08. The molecule has 0 atom stereocenters. The van der Waals surface area contributed by atoms with Crippen molar-refractivity contribution < 1.29 is 0 Å². The molecule has 0 aliphatic carbocycles. The smallest absolute Gasteiger partial charge is 0.170 e. The van der Waals surface area contributed by atoms with Gasteiger partial charge in [0.25, 0.3) is 0 Å². The Hall–Kier alpha value is -0.800. The second-order valence-corrected chi connectivity index (χ2v) is 3.94. The summed E-state index contributed by atoms with van der Waals surface area (Å²) in [4.78, 5) is 0. The minimum absolute atomic E-state index is 0.606. The summed E-state index contributed by atoms with van der Waals surface area (Å²) in [5.74, 6) is 0. The molecule has 1 aromatic rings. The Kier molecular flexibility index (Phi) is 3.72. The summed E-state index contributed by atoms with van der Waals surface area (Å²) < 4.78 is 0. The molecule has 0 aliphatic heterocycles. The van der Waals surface area contributed by atoms with Crippen LogP contribution in [0.3, 0.4) is 0 Å². The van der Waals surface area contributed by atoms with Crippen LogP contribution in [-0.2, 0) is 0 Å². The lowest BCUT2D eigenvalue weighted by molar-refractivity contribution is 1.19. The molecule has 0 amide bonds. The quantitative estimate of drug-likeness (QED) is 0.723. The third kappa shape index (κ3) is 2.59. The minimum atomic E-state index is 0.606. The van der Waals surface area contributed by atoms with E-state index in [1.165, 1.54) is 0 Å². The summed E-state index contributed by atoms with van der Waals surface area (Å²) >= 11 is 11.0. The highest BCUT2D eigenvalue weighted by atomic mass is 35.5. The van der Waals surface area contributed by atoms with Crippen LogP contribution in [0.5, 0.6) is 0 Å². The lowest BCUT2D eigenvalue weighted by Gasteiger charge is -2.11. The molecule has 1 aromatic carbocycles. The highest BCUT2D eigenvalue weighted by Gasteiger charge is 2.03. The average Bonchev–Trinajstić information content (AvgIpc) is 2.14. The Morgan fingerprint density at radius 2 is 1.93 bits per heavy atom. The van der Waals surface area contributed by atoms with Crippen LogP contribution in [0.1, 0.15) is 11.1 Å². The molecule has 0 spiro atoms. The largest absolute Gasteiger partial charge is 0.366 e. The molecular weight excluding hydrogens is 216 g/mol. The Morgan fingerprint density at radius 1 is 1.29 bits per heavy atom. The lowest BCUT2D eigenvalue weighted by atomic mass is 10.1. The van der Waals surface area contributed by atoms with E-state index >= 15 is 0 Å². The molecule has 0 unspecified atom stereocenters. The van der Waals surface area contributed by atoms with Gasteiger partial charge in [-0.1, -0.05) is 11.6 Å². The van der Waals surface area contributed by atoms with Crippen molar-refractivity contribution in [1.82, 2.24) is 5.32 Å². The van der Waals surface area contributed by atoms with Crippen molar-refractivity contribution in [3.05, 3.63) is 28.3 Å². The number of nitrogens with one attached hydrogen (secondary N) is 2. The Balaban J connectivity index is 2.98. The highest BCUT2D eigenvalue weighted by Crippen LogP contribution is 2.23. The second kappa shape index (κ2) is 4.62. The van der Waals surface area contributed by atoms with Gasteiger partial charge in [-0.2, -0.15) is 0 Å². The fourth-order valence-corrected chi connectivity index (χ4v) is 1.43. The van der Waals surface area contributed by atoms with Gasteiger partial charge in [0, 0.05) is 17.8 Å². The van der Waals surface area contributed by atoms with Crippen LogP contribution in [0.25, 0.3) is 0 Å². The van der Waals surface area contributed by atoms with E-state index in [4.69, 9.17) is 23.8 Å². The second-order valence-electron chi connectivity index (χ2n) is 3.12. The van der Waals surface area contributed by atoms with Crippen LogP contribution in [0.2, 0.25) is 5.02 Å². The number of anilines is 1. The predicted molar refractivity (Wildman–Crippen MR) is 66.2 cm³/mol. The van der Waals surface area contributed by atoms with Crippen molar-refractivity contribution in [2.24, 2.45) is 0 Å². The van der Waals surface area contributed by atoms with Gasteiger partial charge in [0.15, 0.2) is 5.11 Å². The van der Waals surface area contributed by atoms with E-state index < -0.39 is 0 Å². The fourth-order valence-electron chi connectivity index (χ4n) is 1.10. The Morgan fingerprint density at radius 3 is 2.50 bits per heavy atom. The van der Waals surface area contributed by atoms with E-state index in [2.05, 4.69) is 10.6 Å². The molecule has 0 radical (unpaired) electrons. The molecule has 0 aromatic heterocycles. The maximum atomic E-state index is 5.98. The van der Waals surface area contributed by atoms with Crippen LogP contribution in [0, 0.1) is 13.8 Å². The normalized spacial score (nSPS) is 9.71. The molecular formula is C10H13ClN2S. The Labute approximate surface area is 94.7 Å². The number of hydrogen-bond donors (Lipinski definition) is 2. The molecule has 0 heterocycles. The van der Waals surface area contributed by atoms with Gasteiger partial charge in [-0.25, -0.2) is 0 Å². The summed E-state index contributed by atoms with van der Waals surface area (Å²) in [6, 6.07) is 3.92. The van der Waals surface area contributed by atoms with E-state index in [1.54, 1.807) is 7.05 Å². The summed E-state index contributed by atoms with van der Waals surface area (Å²) in [5, 5.41) is 7.34. The molecule has 14 heavy (non-hydrogen) atoms. The van der Waals surface area contributed by atoms with Gasteiger partial charge in [-0.15, -0.1) is 0 Å². The van der Waals surface area contributed by atoms with Gasteiger partial charge >= 0.3 is 0 Å². The monoisotopic (exact) mass is 228 g/mol. The fraction of sp³-hybridized carbons (Fsp3) is 0.300. The van der Waals surface area contributed by atoms with Gasteiger partial charge in [-0.3, -0.25) is 0 Å². The van der Waals surface area contributed by atoms with Crippen molar-refractivity contribution in [1.29, 1.82) is 0 Å². The average molecular weight is 229 g/mol. The molecule has 0 saturated heterocycles. The molecule has 2 nitrogen and oxygen atoms in total. The van der Waals surface area contributed by atoms with E-state index in [0.717, 1.165) is 21.8 Å². The topological polar surface area (TPSA) is 24.1 Å². The van der Waals surface area contributed by atoms with Crippen molar-refractivity contribution in [3.8, 4) is 0 Å². The number of halogens is 1. The molecule has 4 heteroatoms. The SMILES string of the molecule is CNC(=S)Nc1cc(C)c(Cl)cc1C. The molecule has 0 bridgehead atoms. The molecule has 0 fully saturated rings. The third-order valence-corrected chi connectivity index (χ3v) is 2.69. The maximum absolute atomic E-state index is 5.98. The van der Waals surface area contributed by atoms with Crippen LogP contribution < -0.4 is 10.6 Å². The molecule has 0 saturated carbocycles. The maximum Gasteiger partial charge on any atom is 0.170 e. The molecule has 76 valence electrons. The lowest BCUT2D eigenvalue weighted by Crippen LogP contribution is -2.24. The first-order valence-electron chi connectivity index (χ1n) is 4.30. The first-order chi connectivity index (χ1) is 6.54. The zero-order chi connectivity index (χ0) is 10.7. The van der Waals surface area contributed by atoms with Gasteiger partial charge in [0.1, 0.15) is 0 Å². The van der Waals surface area contributed by atoms with Gasteiger partial charge in [0.2, 0.25) is 0 Å². The van der Waals surface area contributed by atoms with Crippen molar-refractivity contribution in [2.75, 3.05) is 12.4 Å². The minimum Gasteiger partial charge on any atom is -0.366 e. The van der Waals surface area contributed by atoms with Crippen molar-refractivity contribution in [2.45, 2.75) is 13.8 Å². The predicted octanol–water partition coefficient (Wildman–Crippen LogP) is 2.87. The van der Waals surface area contributed by atoms with E-state index in [9.17, 15) is 0 Å². The van der Waals surface area contributed by atoms with Gasteiger partial charge in [0.05, 0.1) is 0 Å². The number of aryl methyl sites for hydroxylation is 2. The summed E-state index contributed by atoms with van der Waals surface area (Å²) in [6.07, 6.45) is 0. The molecule has 0 aliphatic rings. The number of hydrogen-bond acceptors (Lipinski definition) is 1. The zero-order valence-corrected chi connectivity index (χ0v) is 10.0. The van der Waals surface area contributed by atoms with Crippen molar-refractivity contribution >= 4 is 34.6 Å². The third-order valence-electron chi connectivity index (χ3n) is 1.98. The number of benzene rings is 1. The van der Waals surface area contributed by atoms with E-state index in [-0.39, 0.29) is 0 Å². The molecule has 2 N–H and O–H groups in total. The Bertz CT molecular complexity index is 363. The van der Waals surface area contributed by atoms with E-state index in [1.807, 2.05) is 26.0 Å². The standard InChI is InChI=1S/C10H13ClN2S/c1-6-5-9(13-10(14)12-3)7(2)4-8(6)11/h4-5H,1-3H3,(H2,12,13,14). The summed E-state index contributed by atoms with van der Waals surface area (Å²) in [7, 11) is 1.79. The van der Waals surface area contributed by atoms with E-state index in [0.29, 0.717) is 5.11 Å². The van der Waals surface area contributed by atoms with Crippen LogP contribution in [0.4, 0.5) is 5.69 Å². The number of thiocarbonyl (C=S) groups is 1. The van der Waals surface area contributed by atoms with Crippen molar-refractivity contribution in [3.63, 3.8) is 0 Å². The number of rotatable bonds is 1. The van der Waals surface area contributed by atoms with Crippen LogP contribution >= 0.6 is 23.8 Å². The van der Waals surface area contributed by atoms with Gasteiger partial charge in [-0.05, 0) is 49.3 Å². The van der Waals surface area contributed by atoms with Crippen LogP contribution in [-0.4, -0.2) is 12.2 Å². The summed E-state index contributed by atoms with van der Waals surface area (Å²) in [5.41, 5.74) is 3.11. The zero-order valence-electron chi connectivity index (χ0n) is 8.44. The molecule has 1 rings (SSSR count). The first kappa shape index (κ1) is 11.3.